The first-order chi connectivity index (χ1) is 19.7. The minimum absolute atomic E-state index is 0.00518. The first kappa shape index (κ1) is 30.2. The Morgan fingerprint density at radius 1 is 0.780 bits per heavy atom. The molecule has 0 aromatic heterocycles. The number of thioether (sulfide) groups is 1. The minimum Gasteiger partial charge on any atom is -0.325 e. The van der Waals surface area contributed by atoms with Crippen LogP contribution in [0.3, 0.4) is 0 Å². The molecule has 0 atom stereocenters. The Hall–Kier alpha value is -3.75. The number of aryl methyl sites for hydroxylation is 1. The monoisotopic (exact) mass is 623 g/mol. The highest BCUT2D eigenvalue weighted by Gasteiger charge is 2.16. The summed E-state index contributed by atoms with van der Waals surface area (Å²) < 4.78 is 0. The van der Waals surface area contributed by atoms with Crippen LogP contribution in [-0.4, -0.2) is 23.5 Å². The molecule has 41 heavy (non-hydrogen) atoms. The van der Waals surface area contributed by atoms with Crippen LogP contribution in [0.1, 0.15) is 21.5 Å². The van der Waals surface area contributed by atoms with Crippen LogP contribution in [0.5, 0.6) is 0 Å². The Kier molecular flexibility index (Phi) is 10.5. The van der Waals surface area contributed by atoms with Crippen molar-refractivity contribution in [1.82, 2.24) is 5.32 Å². The van der Waals surface area contributed by atoms with Crippen LogP contribution in [0, 0.1) is 6.92 Å². The second-order valence-corrected chi connectivity index (χ2v) is 11.1. The zero-order chi connectivity index (χ0) is 29.4. The van der Waals surface area contributed by atoms with E-state index in [9.17, 15) is 14.4 Å². The molecule has 0 bridgehead atoms. The van der Waals surface area contributed by atoms with E-state index in [1.54, 1.807) is 84.9 Å². The molecule has 0 aliphatic heterocycles. The molecule has 0 fully saturated rings. The first-order valence-corrected chi connectivity index (χ1v) is 14.4. The molecule has 6 nitrogen and oxygen atoms in total. The molecule has 0 unspecified atom stereocenters. The predicted octanol–water partition coefficient (Wildman–Crippen LogP) is 8.10. The minimum atomic E-state index is -0.545. The van der Waals surface area contributed by atoms with Crippen molar-refractivity contribution in [1.29, 1.82) is 0 Å². The number of halogens is 3. The second kappa shape index (κ2) is 14.2. The van der Waals surface area contributed by atoms with E-state index in [1.807, 2.05) is 13.0 Å². The summed E-state index contributed by atoms with van der Waals surface area (Å²) in [6, 6.07) is 25.8. The number of anilines is 2. The van der Waals surface area contributed by atoms with Gasteiger partial charge in [0.15, 0.2) is 0 Å². The van der Waals surface area contributed by atoms with Crippen molar-refractivity contribution in [2.45, 2.75) is 11.8 Å². The SMILES string of the molecule is Cc1ccc(NC(=O)CSc2ccc(NC(=O)/C(=C/c3ccc(Cl)cc3Cl)NC(=O)c3ccccc3)cc2)cc1Cl. The van der Waals surface area contributed by atoms with Crippen molar-refractivity contribution in [3.05, 3.63) is 128 Å². The quantitative estimate of drug-likeness (QED) is 0.130. The molecule has 0 saturated heterocycles. The van der Waals surface area contributed by atoms with E-state index in [2.05, 4.69) is 16.0 Å². The molecule has 4 aromatic carbocycles. The van der Waals surface area contributed by atoms with Crippen molar-refractivity contribution >= 4 is 81.7 Å². The molecule has 4 rings (SSSR count). The normalized spacial score (nSPS) is 11.1. The number of hydrogen-bond acceptors (Lipinski definition) is 4. The van der Waals surface area contributed by atoms with Gasteiger partial charge in [0.2, 0.25) is 5.91 Å². The summed E-state index contributed by atoms with van der Waals surface area (Å²) in [4.78, 5) is 39.3. The standard InChI is InChI=1S/C31H24Cl3N3O3S/c1-19-7-10-24(17-26(19)33)35-29(38)18-41-25-13-11-23(12-14-25)36-31(40)28(15-21-8-9-22(32)16-27(21)34)37-30(39)20-5-3-2-4-6-20/h2-17H,18H2,1H3,(H,35,38)(H,36,40)(H,37,39)/b28-15-. The number of nitrogens with one attached hydrogen (secondary N) is 3. The Morgan fingerprint density at radius 2 is 1.49 bits per heavy atom. The average molecular weight is 625 g/mol. The molecule has 0 radical (unpaired) electrons. The van der Waals surface area contributed by atoms with E-state index in [0.29, 0.717) is 37.6 Å². The fraction of sp³-hybridized carbons (Fsp3) is 0.0645. The zero-order valence-electron chi connectivity index (χ0n) is 21.7. The van der Waals surface area contributed by atoms with Gasteiger partial charge in [0.05, 0.1) is 5.75 Å². The van der Waals surface area contributed by atoms with Gasteiger partial charge in [-0.2, -0.15) is 0 Å². The number of amides is 3. The van der Waals surface area contributed by atoms with Crippen molar-refractivity contribution < 1.29 is 14.4 Å². The van der Waals surface area contributed by atoms with Gasteiger partial charge in [-0.05, 0) is 84.8 Å². The smallest absolute Gasteiger partial charge is 0.272 e. The number of hydrogen-bond donors (Lipinski definition) is 3. The van der Waals surface area contributed by atoms with Crippen LogP contribution < -0.4 is 16.0 Å². The molecule has 3 amide bonds. The summed E-state index contributed by atoms with van der Waals surface area (Å²) in [6.45, 7) is 1.89. The van der Waals surface area contributed by atoms with E-state index < -0.39 is 11.8 Å². The highest BCUT2D eigenvalue weighted by atomic mass is 35.5. The Morgan fingerprint density at radius 3 is 2.17 bits per heavy atom. The maximum atomic E-state index is 13.2. The largest absolute Gasteiger partial charge is 0.325 e. The molecular formula is C31H24Cl3N3O3S. The van der Waals surface area contributed by atoms with E-state index in [0.717, 1.165) is 10.5 Å². The summed E-state index contributed by atoms with van der Waals surface area (Å²) in [5.41, 5.74) is 2.96. The third kappa shape index (κ3) is 8.87. The van der Waals surface area contributed by atoms with Gasteiger partial charge in [0.25, 0.3) is 11.8 Å². The lowest BCUT2D eigenvalue weighted by molar-refractivity contribution is -0.114. The average Bonchev–Trinajstić information content (AvgIpc) is 2.96. The molecule has 10 heteroatoms. The fourth-order valence-electron chi connectivity index (χ4n) is 3.57. The van der Waals surface area contributed by atoms with Crippen molar-refractivity contribution in [3.8, 4) is 0 Å². The van der Waals surface area contributed by atoms with Crippen LogP contribution >= 0.6 is 46.6 Å². The fourth-order valence-corrected chi connectivity index (χ4v) is 4.91. The van der Waals surface area contributed by atoms with Crippen molar-refractivity contribution in [3.63, 3.8) is 0 Å². The summed E-state index contributed by atoms with van der Waals surface area (Å²) >= 11 is 19.8. The predicted molar refractivity (Wildman–Crippen MR) is 169 cm³/mol. The van der Waals surface area contributed by atoms with Crippen molar-refractivity contribution in [2.75, 3.05) is 16.4 Å². The molecule has 0 aliphatic carbocycles. The highest BCUT2D eigenvalue weighted by Crippen LogP contribution is 2.25. The van der Waals surface area contributed by atoms with Gasteiger partial charge in [-0.25, -0.2) is 0 Å². The molecule has 0 heterocycles. The van der Waals surface area contributed by atoms with Gasteiger partial charge in [-0.15, -0.1) is 11.8 Å². The number of benzene rings is 4. The maximum absolute atomic E-state index is 13.2. The maximum Gasteiger partial charge on any atom is 0.272 e. The first-order valence-electron chi connectivity index (χ1n) is 12.3. The summed E-state index contributed by atoms with van der Waals surface area (Å²) in [5, 5.41) is 9.65. The third-order valence-electron chi connectivity index (χ3n) is 5.73. The van der Waals surface area contributed by atoms with Gasteiger partial charge >= 0.3 is 0 Å². The van der Waals surface area contributed by atoms with Crippen LogP contribution in [-0.2, 0) is 9.59 Å². The van der Waals surface area contributed by atoms with Crippen LogP contribution in [0.4, 0.5) is 11.4 Å². The third-order valence-corrected chi connectivity index (χ3v) is 7.71. The number of rotatable bonds is 9. The van der Waals surface area contributed by atoms with Gasteiger partial charge in [0.1, 0.15) is 5.70 Å². The van der Waals surface area contributed by atoms with Gasteiger partial charge in [-0.1, -0.05) is 65.1 Å². The Balaban J connectivity index is 1.42. The molecule has 208 valence electrons. The van der Waals surface area contributed by atoms with Crippen molar-refractivity contribution in [2.24, 2.45) is 0 Å². The Bertz CT molecular complexity index is 1610. The number of carbonyl (C=O) groups is 3. The van der Waals surface area contributed by atoms with Crippen LogP contribution in [0.25, 0.3) is 6.08 Å². The van der Waals surface area contributed by atoms with Gasteiger partial charge in [0, 0.05) is 36.9 Å². The van der Waals surface area contributed by atoms with Gasteiger partial charge in [-0.3, -0.25) is 14.4 Å². The van der Waals surface area contributed by atoms with E-state index in [4.69, 9.17) is 34.8 Å². The summed E-state index contributed by atoms with van der Waals surface area (Å²) in [7, 11) is 0. The van der Waals surface area contributed by atoms with E-state index in [-0.39, 0.29) is 17.4 Å². The molecule has 4 aromatic rings. The van der Waals surface area contributed by atoms with Crippen LogP contribution in [0.15, 0.2) is 102 Å². The molecule has 0 aliphatic rings. The van der Waals surface area contributed by atoms with Gasteiger partial charge < -0.3 is 16.0 Å². The lowest BCUT2D eigenvalue weighted by Gasteiger charge is -2.12. The highest BCUT2D eigenvalue weighted by molar-refractivity contribution is 8.00. The van der Waals surface area contributed by atoms with E-state index in [1.165, 1.54) is 17.8 Å². The topological polar surface area (TPSA) is 87.3 Å². The number of carbonyl (C=O) groups excluding carboxylic acids is 3. The second-order valence-electron chi connectivity index (χ2n) is 8.82. The zero-order valence-corrected chi connectivity index (χ0v) is 24.8. The molecule has 0 saturated carbocycles. The molecule has 3 N–H and O–H groups in total. The van der Waals surface area contributed by atoms with Crippen LogP contribution in [0.2, 0.25) is 15.1 Å². The Labute approximate surface area is 257 Å². The molecule has 0 spiro atoms. The summed E-state index contributed by atoms with van der Waals surface area (Å²) in [5.74, 6) is -0.971. The molecular weight excluding hydrogens is 601 g/mol. The lowest BCUT2D eigenvalue weighted by Crippen LogP contribution is -2.30. The van der Waals surface area contributed by atoms with E-state index >= 15 is 0 Å². The summed E-state index contributed by atoms with van der Waals surface area (Å²) in [6.07, 6.45) is 1.49. The lowest BCUT2D eigenvalue weighted by atomic mass is 10.1.